The molecule has 4 rings (SSSR count). The molecular formula is C33H27F13INO2S. The number of nitrogens with zero attached hydrogens (tertiary/aromatic N) is 1. The molecule has 0 amide bonds. The molecule has 3 aromatic carbocycles. The van der Waals surface area contributed by atoms with Gasteiger partial charge in [0.15, 0.2) is 0 Å². The molecular weight excluding hydrogens is 848 g/mol. The first-order valence-electron chi connectivity index (χ1n) is 14.7. The number of halogens is 14. The van der Waals surface area contributed by atoms with Crippen LogP contribution in [-0.2, 0) is 10.0 Å². The summed E-state index contributed by atoms with van der Waals surface area (Å²) in [6.07, 6.45) is -10.5. The summed E-state index contributed by atoms with van der Waals surface area (Å²) in [6, 6.07) is 18.0. The predicted octanol–water partition coefficient (Wildman–Crippen LogP) is 11.0. The molecule has 18 heteroatoms. The zero-order valence-electron chi connectivity index (χ0n) is 26.3. The van der Waals surface area contributed by atoms with Gasteiger partial charge < -0.3 is 0 Å². The van der Waals surface area contributed by atoms with E-state index in [0.717, 1.165) is 19.1 Å². The summed E-state index contributed by atoms with van der Waals surface area (Å²) in [7, 11) is -4.83. The van der Waals surface area contributed by atoms with E-state index in [1.165, 1.54) is 60.7 Å². The van der Waals surface area contributed by atoms with Crippen LogP contribution in [0.3, 0.4) is 0 Å². The van der Waals surface area contributed by atoms with Crippen LogP contribution in [0.25, 0.3) is 5.57 Å². The van der Waals surface area contributed by atoms with Gasteiger partial charge in [-0.3, -0.25) is 4.31 Å². The average Bonchev–Trinajstić information content (AvgIpc) is 3.13. The lowest BCUT2D eigenvalue weighted by Gasteiger charge is -2.43. The van der Waals surface area contributed by atoms with Crippen molar-refractivity contribution in [3.63, 3.8) is 0 Å². The molecule has 1 heterocycles. The fourth-order valence-corrected chi connectivity index (χ4v) is 8.08. The Kier molecular flexibility index (Phi) is 10.7. The Hall–Kier alpha value is -3.03. The number of alkyl halides is 14. The van der Waals surface area contributed by atoms with E-state index in [0.29, 0.717) is 9.87 Å². The molecule has 0 fully saturated rings. The molecule has 0 aliphatic carbocycles. The van der Waals surface area contributed by atoms with Crippen molar-refractivity contribution < 1.29 is 65.5 Å². The fraction of sp³-hybridized carbons (Fsp3) is 0.394. The summed E-state index contributed by atoms with van der Waals surface area (Å²) in [4.78, 5) is -0.415. The SMILES string of the molecule is Cc1ccc(S(=O)(=O)N2CC(C)(CC(F)(F)C(F)(F)C(F)(F)C(F)(F)C(F)(F)C(F)(F)F)C(CCI)=C(c3ccccc3)c3ccccc32)cc1. The third-order valence-corrected chi connectivity index (χ3v) is 10.9. The van der Waals surface area contributed by atoms with Crippen LogP contribution in [0.2, 0.25) is 0 Å². The van der Waals surface area contributed by atoms with Gasteiger partial charge >= 0.3 is 35.8 Å². The second kappa shape index (κ2) is 13.4. The normalized spacial score (nSPS) is 18.5. The Morgan fingerprint density at radius 2 is 1.22 bits per heavy atom. The summed E-state index contributed by atoms with van der Waals surface area (Å²) in [6.45, 7) is 1.19. The van der Waals surface area contributed by atoms with Crippen LogP contribution in [0.5, 0.6) is 0 Å². The van der Waals surface area contributed by atoms with Crippen LogP contribution < -0.4 is 4.31 Å². The number of anilines is 1. The number of hydrogen-bond donors (Lipinski definition) is 0. The molecule has 0 aromatic heterocycles. The summed E-state index contributed by atoms with van der Waals surface area (Å²) in [5, 5.41) is 0. The minimum Gasteiger partial charge on any atom is -0.265 e. The maximum atomic E-state index is 15.9. The van der Waals surface area contributed by atoms with Crippen molar-refractivity contribution >= 4 is 43.9 Å². The van der Waals surface area contributed by atoms with Crippen molar-refractivity contribution in [1.29, 1.82) is 0 Å². The third-order valence-electron chi connectivity index (χ3n) is 8.59. The second-order valence-corrected chi connectivity index (χ2v) is 15.2. The zero-order valence-corrected chi connectivity index (χ0v) is 29.3. The maximum Gasteiger partial charge on any atom is 0.460 e. The largest absolute Gasteiger partial charge is 0.460 e. The lowest BCUT2D eigenvalue weighted by atomic mass is 9.71. The Balaban J connectivity index is 2.03. The fourth-order valence-electron chi connectivity index (χ4n) is 5.94. The Morgan fingerprint density at radius 1 is 0.706 bits per heavy atom. The number of fused-ring (bicyclic) bond motifs is 1. The van der Waals surface area contributed by atoms with Gasteiger partial charge in [-0.05, 0) is 42.7 Å². The van der Waals surface area contributed by atoms with Gasteiger partial charge in [0.25, 0.3) is 10.0 Å². The van der Waals surface area contributed by atoms with E-state index in [9.17, 15) is 47.9 Å². The molecule has 1 aliphatic heterocycles. The molecule has 1 unspecified atom stereocenters. The molecule has 3 nitrogen and oxygen atoms in total. The van der Waals surface area contributed by atoms with Crippen molar-refractivity contribution in [2.45, 2.75) is 67.4 Å². The highest BCUT2D eigenvalue weighted by molar-refractivity contribution is 14.1. The number of aryl methyl sites for hydroxylation is 1. The van der Waals surface area contributed by atoms with Crippen molar-refractivity contribution in [3.8, 4) is 0 Å². The zero-order chi connectivity index (χ0) is 38.6. The molecule has 280 valence electrons. The van der Waals surface area contributed by atoms with E-state index < -0.39 is 69.1 Å². The molecule has 51 heavy (non-hydrogen) atoms. The van der Waals surface area contributed by atoms with Crippen LogP contribution in [0.4, 0.5) is 62.8 Å². The molecule has 0 radical (unpaired) electrons. The van der Waals surface area contributed by atoms with Gasteiger partial charge in [0, 0.05) is 28.4 Å². The quantitative estimate of drug-likeness (QED) is 0.109. The van der Waals surface area contributed by atoms with Gasteiger partial charge in [0.05, 0.1) is 10.6 Å². The van der Waals surface area contributed by atoms with Crippen molar-refractivity contribution in [2.75, 3.05) is 15.3 Å². The van der Waals surface area contributed by atoms with Crippen LogP contribution in [0.1, 0.15) is 36.5 Å². The maximum absolute atomic E-state index is 15.9. The van der Waals surface area contributed by atoms with E-state index in [-0.39, 0.29) is 38.8 Å². The third kappa shape index (κ3) is 6.71. The van der Waals surface area contributed by atoms with E-state index in [1.807, 2.05) is 0 Å². The van der Waals surface area contributed by atoms with Crippen LogP contribution >= 0.6 is 22.6 Å². The molecule has 3 aromatic rings. The first kappa shape index (κ1) is 40.7. The standard InChI is InChI=1S/C33H27F13INO2S/c1-20-12-14-22(15-13-20)51(49,50)48-19-27(2,18-28(34,35)29(36,37)30(38,39)31(40,41)32(42,43)33(44,45)46)24(16-17-47)26(21-8-4-3-5-9-21)23-10-6-7-11-25(23)48/h3-15H,16-19H2,1-2H3. The van der Waals surface area contributed by atoms with Crippen LogP contribution in [0.15, 0.2) is 89.3 Å². The van der Waals surface area contributed by atoms with E-state index in [4.69, 9.17) is 0 Å². The van der Waals surface area contributed by atoms with E-state index >= 15 is 17.6 Å². The highest BCUT2D eigenvalue weighted by Gasteiger charge is 2.90. The lowest BCUT2D eigenvalue weighted by molar-refractivity contribution is -0.441. The minimum atomic E-state index is -8.07. The minimum absolute atomic E-state index is 0.00761. The number of sulfonamides is 1. The molecule has 0 N–H and O–H groups in total. The van der Waals surface area contributed by atoms with Crippen LogP contribution in [-0.4, -0.2) is 55.2 Å². The predicted molar refractivity (Wildman–Crippen MR) is 172 cm³/mol. The van der Waals surface area contributed by atoms with Crippen molar-refractivity contribution in [3.05, 3.63) is 101 Å². The lowest BCUT2D eigenvalue weighted by Crippen LogP contribution is -2.70. The number of para-hydroxylation sites is 1. The Bertz CT molecular complexity index is 1880. The first-order chi connectivity index (χ1) is 23.2. The number of benzene rings is 3. The molecule has 0 spiro atoms. The number of rotatable bonds is 11. The highest BCUT2D eigenvalue weighted by atomic mass is 127. The molecule has 1 aliphatic rings. The second-order valence-electron chi connectivity index (χ2n) is 12.2. The number of hydrogen-bond acceptors (Lipinski definition) is 2. The Morgan fingerprint density at radius 3 is 1.75 bits per heavy atom. The summed E-state index contributed by atoms with van der Waals surface area (Å²) in [5.41, 5.74) is -2.26. The van der Waals surface area contributed by atoms with Gasteiger partial charge in [0.2, 0.25) is 0 Å². The van der Waals surface area contributed by atoms with Crippen LogP contribution in [0, 0.1) is 12.3 Å². The Labute approximate surface area is 297 Å². The summed E-state index contributed by atoms with van der Waals surface area (Å²) in [5.74, 6) is -37.9. The average molecular weight is 876 g/mol. The van der Waals surface area contributed by atoms with Gasteiger partial charge in [-0.1, -0.05) is 101 Å². The smallest absolute Gasteiger partial charge is 0.265 e. The van der Waals surface area contributed by atoms with Gasteiger partial charge in [-0.25, -0.2) is 8.42 Å². The van der Waals surface area contributed by atoms with Crippen molar-refractivity contribution in [1.82, 2.24) is 0 Å². The monoisotopic (exact) mass is 875 g/mol. The molecule has 0 saturated heterocycles. The highest BCUT2D eigenvalue weighted by Crippen LogP contribution is 2.62. The van der Waals surface area contributed by atoms with Gasteiger partial charge in [-0.2, -0.15) is 57.1 Å². The summed E-state index contributed by atoms with van der Waals surface area (Å²) >= 11 is 1.76. The van der Waals surface area contributed by atoms with E-state index in [2.05, 4.69) is 0 Å². The van der Waals surface area contributed by atoms with E-state index in [1.54, 1.807) is 35.6 Å². The van der Waals surface area contributed by atoms with Gasteiger partial charge in [0.1, 0.15) is 0 Å². The van der Waals surface area contributed by atoms with Crippen molar-refractivity contribution in [2.24, 2.45) is 5.41 Å². The molecule has 0 bridgehead atoms. The topological polar surface area (TPSA) is 37.4 Å². The van der Waals surface area contributed by atoms with Gasteiger partial charge in [-0.15, -0.1) is 0 Å². The summed E-state index contributed by atoms with van der Waals surface area (Å²) < 4.78 is 214. The molecule has 0 saturated carbocycles. The molecule has 1 atom stereocenters. The first-order valence-corrected chi connectivity index (χ1v) is 17.7.